The van der Waals surface area contributed by atoms with Crippen LogP contribution in [0, 0.1) is 0 Å². The van der Waals surface area contributed by atoms with Gasteiger partial charge in [0.25, 0.3) is 0 Å². The zero-order chi connectivity index (χ0) is 13.9. The Morgan fingerprint density at radius 3 is 3.15 bits per heavy atom. The van der Waals surface area contributed by atoms with E-state index in [0.717, 1.165) is 29.2 Å². The van der Waals surface area contributed by atoms with Gasteiger partial charge in [0.15, 0.2) is 4.96 Å². The van der Waals surface area contributed by atoms with E-state index >= 15 is 0 Å². The number of hydrogen-bond donors (Lipinski definition) is 2. The normalized spacial score (nSPS) is 12.9. The molecule has 5 nitrogen and oxygen atoms in total. The van der Waals surface area contributed by atoms with Crippen molar-refractivity contribution in [2.24, 2.45) is 5.84 Å². The average molecular weight is 287 g/mol. The molecule has 6 heteroatoms. The van der Waals surface area contributed by atoms with Crippen LogP contribution in [-0.2, 0) is 12.8 Å². The molecule has 0 amide bonds. The van der Waals surface area contributed by atoms with Crippen LogP contribution in [-0.4, -0.2) is 14.4 Å². The molecule has 0 bridgehead atoms. The van der Waals surface area contributed by atoms with E-state index < -0.39 is 0 Å². The van der Waals surface area contributed by atoms with E-state index in [2.05, 4.69) is 28.4 Å². The third kappa shape index (κ3) is 2.45. The molecule has 0 radical (unpaired) electrons. The summed E-state index contributed by atoms with van der Waals surface area (Å²) >= 11 is 1.63. The minimum Gasteiger partial charge on any atom is -0.297 e. The maximum Gasteiger partial charge on any atom is 0.193 e. The summed E-state index contributed by atoms with van der Waals surface area (Å²) in [5, 5.41) is 2.03. The maximum atomic E-state index is 5.72. The molecule has 104 valence electrons. The highest BCUT2D eigenvalue weighted by Crippen LogP contribution is 2.21. The van der Waals surface area contributed by atoms with Gasteiger partial charge in [0.1, 0.15) is 0 Å². The average Bonchev–Trinajstić information content (AvgIpc) is 3.05. The number of hydrogen-bond acceptors (Lipinski definition) is 5. The fraction of sp³-hybridized carbons (Fsp3) is 0.286. The minimum atomic E-state index is -0.0178. The summed E-state index contributed by atoms with van der Waals surface area (Å²) in [6.07, 6.45) is 7.55. The van der Waals surface area contributed by atoms with Crippen molar-refractivity contribution in [1.29, 1.82) is 0 Å². The molecule has 3 aromatic heterocycles. The molecule has 3 rings (SSSR count). The van der Waals surface area contributed by atoms with Gasteiger partial charge in [-0.2, -0.15) is 0 Å². The summed E-state index contributed by atoms with van der Waals surface area (Å²) in [4.78, 5) is 10.1. The Bertz CT molecular complexity index is 674. The molecule has 0 aliphatic rings. The maximum absolute atomic E-state index is 5.72. The topological polar surface area (TPSA) is 68.2 Å². The summed E-state index contributed by atoms with van der Waals surface area (Å²) in [7, 11) is 0. The number of imidazole rings is 1. The lowest BCUT2D eigenvalue weighted by molar-refractivity contribution is 0.529. The van der Waals surface area contributed by atoms with Gasteiger partial charge in [-0.15, -0.1) is 11.3 Å². The van der Waals surface area contributed by atoms with Gasteiger partial charge in [-0.1, -0.05) is 13.0 Å². The van der Waals surface area contributed by atoms with E-state index in [4.69, 9.17) is 5.84 Å². The third-order valence-corrected chi connectivity index (χ3v) is 4.17. The molecular weight excluding hydrogens is 270 g/mol. The first-order chi connectivity index (χ1) is 9.81. The quantitative estimate of drug-likeness (QED) is 0.557. The molecular formula is C14H17N5S. The highest BCUT2D eigenvalue weighted by atomic mass is 32.1. The van der Waals surface area contributed by atoms with E-state index in [9.17, 15) is 0 Å². The number of nitrogens with zero attached hydrogens (tertiary/aromatic N) is 3. The van der Waals surface area contributed by atoms with Gasteiger partial charge in [-0.25, -0.2) is 4.98 Å². The first kappa shape index (κ1) is 13.2. The van der Waals surface area contributed by atoms with Gasteiger partial charge in [-0.3, -0.25) is 20.7 Å². The molecule has 0 spiro atoms. The van der Waals surface area contributed by atoms with Crippen molar-refractivity contribution in [2.75, 3.05) is 0 Å². The smallest absolute Gasteiger partial charge is 0.193 e. The van der Waals surface area contributed by atoms with Gasteiger partial charge >= 0.3 is 0 Å². The van der Waals surface area contributed by atoms with Crippen LogP contribution in [0.2, 0.25) is 0 Å². The second-order valence-electron chi connectivity index (χ2n) is 4.65. The number of aryl methyl sites for hydroxylation is 1. The zero-order valence-corrected chi connectivity index (χ0v) is 12.1. The van der Waals surface area contributed by atoms with Crippen LogP contribution < -0.4 is 11.3 Å². The highest BCUT2D eigenvalue weighted by Gasteiger charge is 2.17. The summed E-state index contributed by atoms with van der Waals surface area (Å²) in [6.45, 7) is 2.13. The van der Waals surface area contributed by atoms with Gasteiger partial charge < -0.3 is 0 Å². The van der Waals surface area contributed by atoms with Crippen molar-refractivity contribution in [3.63, 3.8) is 0 Å². The van der Waals surface area contributed by atoms with Crippen LogP contribution in [0.3, 0.4) is 0 Å². The molecule has 1 atom stereocenters. The lowest BCUT2D eigenvalue weighted by Gasteiger charge is -2.17. The Hall–Kier alpha value is -1.76. The summed E-state index contributed by atoms with van der Waals surface area (Å²) < 4.78 is 2.03. The highest BCUT2D eigenvalue weighted by molar-refractivity contribution is 7.15. The predicted octanol–water partition coefficient (Wildman–Crippen LogP) is 2.10. The van der Waals surface area contributed by atoms with Crippen molar-refractivity contribution >= 4 is 16.3 Å². The predicted molar refractivity (Wildman–Crippen MR) is 80.5 cm³/mol. The Morgan fingerprint density at radius 2 is 2.40 bits per heavy atom. The molecule has 3 N–H and O–H groups in total. The van der Waals surface area contributed by atoms with Crippen LogP contribution in [0.4, 0.5) is 0 Å². The van der Waals surface area contributed by atoms with Crippen molar-refractivity contribution in [2.45, 2.75) is 25.8 Å². The Balaban J connectivity index is 1.88. The van der Waals surface area contributed by atoms with Crippen LogP contribution in [0.25, 0.3) is 4.96 Å². The van der Waals surface area contributed by atoms with E-state index in [1.54, 1.807) is 11.3 Å². The van der Waals surface area contributed by atoms with Crippen LogP contribution >= 0.6 is 11.3 Å². The largest absolute Gasteiger partial charge is 0.297 e. The number of pyridine rings is 1. The SMILES string of the molecule is CCc1cccnc1C(Cc1cn2ccsc2n1)NN. The second kappa shape index (κ2) is 5.70. The number of fused-ring (bicyclic) bond motifs is 1. The van der Waals surface area contributed by atoms with E-state index in [1.807, 2.05) is 34.4 Å². The number of rotatable bonds is 5. The lowest BCUT2D eigenvalue weighted by atomic mass is 10.0. The van der Waals surface area contributed by atoms with E-state index in [-0.39, 0.29) is 6.04 Å². The molecule has 3 aromatic rings. The molecule has 0 aromatic carbocycles. The minimum absolute atomic E-state index is 0.0178. The molecule has 0 aliphatic carbocycles. The van der Waals surface area contributed by atoms with Gasteiger partial charge in [0.2, 0.25) is 0 Å². The van der Waals surface area contributed by atoms with Crippen molar-refractivity contribution in [3.05, 3.63) is 53.1 Å². The second-order valence-corrected chi connectivity index (χ2v) is 5.52. The number of aromatic nitrogens is 3. The fourth-order valence-electron chi connectivity index (χ4n) is 2.38. The Morgan fingerprint density at radius 1 is 1.50 bits per heavy atom. The third-order valence-electron chi connectivity index (χ3n) is 3.39. The number of thiazole rings is 1. The number of nitrogens with one attached hydrogen (secondary N) is 1. The van der Waals surface area contributed by atoms with Crippen molar-refractivity contribution < 1.29 is 0 Å². The molecule has 20 heavy (non-hydrogen) atoms. The Labute approximate surface area is 121 Å². The summed E-state index contributed by atoms with van der Waals surface area (Å²) in [6, 6.07) is 4.04. The molecule has 0 saturated heterocycles. The fourth-order valence-corrected chi connectivity index (χ4v) is 3.10. The monoisotopic (exact) mass is 287 g/mol. The summed E-state index contributed by atoms with van der Waals surface area (Å²) in [5.41, 5.74) is 6.12. The lowest BCUT2D eigenvalue weighted by Crippen LogP contribution is -2.31. The van der Waals surface area contributed by atoms with Crippen molar-refractivity contribution in [3.8, 4) is 0 Å². The van der Waals surface area contributed by atoms with Crippen LogP contribution in [0.15, 0.2) is 36.1 Å². The first-order valence-corrected chi connectivity index (χ1v) is 7.50. The number of nitrogens with two attached hydrogens (primary N) is 1. The van der Waals surface area contributed by atoms with E-state index in [0.29, 0.717) is 0 Å². The summed E-state index contributed by atoms with van der Waals surface area (Å²) in [5.74, 6) is 5.72. The standard InChI is InChI=1S/C14H17N5S/c1-2-10-4-3-5-16-13(10)12(18-15)8-11-9-19-6-7-20-14(19)17-11/h3-7,9,12,18H,2,8,15H2,1H3. The Kier molecular flexibility index (Phi) is 3.77. The first-order valence-electron chi connectivity index (χ1n) is 6.62. The van der Waals surface area contributed by atoms with Gasteiger partial charge in [-0.05, 0) is 18.1 Å². The molecule has 3 heterocycles. The molecule has 0 aliphatic heterocycles. The molecule has 0 fully saturated rings. The van der Waals surface area contributed by atoms with Crippen LogP contribution in [0.1, 0.15) is 29.9 Å². The van der Waals surface area contributed by atoms with Crippen molar-refractivity contribution in [1.82, 2.24) is 19.8 Å². The van der Waals surface area contributed by atoms with Gasteiger partial charge in [0, 0.05) is 30.4 Å². The molecule has 1 unspecified atom stereocenters. The van der Waals surface area contributed by atoms with Gasteiger partial charge in [0.05, 0.1) is 17.4 Å². The molecule has 0 saturated carbocycles. The van der Waals surface area contributed by atoms with E-state index in [1.165, 1.54) is 5.56 Å². The number of hydrazine groups is 1. The van der Waals surface area contributed by atoms with Crippen LogP contribution in [0.5, 0.6) is 0 Å². The zero-order valence-electron chi connectivity index (χ0n) is 11.3.